The van der Waals surface area contributed by atoms with Crippen molar-refractivity contribution in [3.05, 3.63) is 47.4 Å². The Balaban J connectivity index is 1.31. The molecule has 2 N–H and O–H groups in total. The highest BCUT2D eigenvalue weighted by Gasteiger charge is 2.23. The highest BCUT2D eigenvalue weighted by Crippen LogP contribution is 2.35. The number of nitrogens with one attached hydrogen (secondary N) is 2. The van der Waals surface area contributed by atoms with Gasteiger partial charge >= 0.3 is 0 Å². The lowest BCUT2D eigenvalue weighted by molar-refractivity contribution is -0.118. The quantitative estimate of drug-likeness (QED) is 0.576. The van der Waals surface area contributed by atoms with Gasteiger partial charge in [0.2, 0.25) is 5.91 Å². The van der Waals surface area contributed by atoms with E-state index in [9.17, 15) is 4.79 Å². The Morgan fingerprint density at radius 2 is 2.07 bits per heavy atom. The SMILES string of the molecule is Cc1nc(SCC(=O)NCCc2c[nH]c3ccccc23)n(C2CCCC2)c1C. The number of fused-ring (bicyclic) bond motifs is 1. The molecule has 2 aromatic heterocycles. The molecule has 1 fully saturated rings. The summed E-state index contributed by atoms with van der Waals surface area (Å²) in [7, 11) is 0. The maximum absolute atomic E-state index is 12.4. The van der Waals surface area contributed by atoms with E-state index in [1.165, 1.54) is 42.3 Å². The summed E-state index contributed by atoms with van der Waals surface area (Å²) in [5.41, 5.74) is 4.71. The molecule has 0 bridgehead atoms. The minimum absolute atomic E-state index is 0.0705. The molecular weight excluding hydrogens is 368 g/mol. The number of imidazole rings is 1. The zero-order valence-electron chi connectivity index (χ0n) is 16.6. The van der Waals surface area contributed by atoms with E-state index in [2.05, 4.69) is 40.8 Å². The largest absolute Gasteiger partial charge is 0.361 e. The van der Waals surface area contributed by atoms with Crippen molar-refractivity contribution < 1.29 is 4.79 Å². The number of rotatable bonds is 7. The first-order valence-electron chi connectivity index (χ1n) is 10.1. The number of nitrogens with zero attached hydrogens (tertiary/aromatic N) is 2. The number of aryl methyl sites for hydroxylation is 1. The van der Waals surface area contributed by atoms with Crippen LogP contribution in [0.3, 0.4) is 0 Å². The number of carbonyl (C=O) groups excluding carboxylic acids is 1. The molecule has 0 radical (unpaired) electrons. The van der Waals surface area contributed by atoms with Gasteiger partial charge < -0.3 is 14.9 Å². The van der Waals surface area contributed by atoms with Crippen molar-refractivity contribution in [2.24, 2.45) is 0 Å². The normalized spacial score (nSPS) is 14.8. The molecule has 5 nitrogen and oxygen atoms in total. The van der Waals surface area contributed by atoms with Crippen molar-refractivity contribution in [2.75, 3.05) is 12.3 Å². The molecule has 2 heterocycles. The van der Waals surface area contributed by atoms with Gasteiger partial charge in [0.1, 0.15) is 0 Å². The van der Waals surface area contributed by atoms with Crippen LogP contribution in [0, 0.1) is 13.8 Å². The minimum Gasteiger partial charge on any atom is -0.361 e. The Labute approximate surface area is 170 Å². The lowest BCUT2D eigenvalue weighted by atomic mass is 10.1. The number of benzene rings is 1. The molecule has 0 aliphatic heterocycles. The fourth-order valence-corrected chi connectivity index (χ4v) is 5.14. The summed E-state index contributed by atoms with van der Waals surface area (Å²) >= 11 is 1.56. The van der Waals surface area contributed by atoms with Crippen LogP contribution >= 0.6 is 11.8 Å². The second-order valence-corrected chi connectivity index (χ2v) is 8.56. The average Bonchev–Trinajstić information content (AvgIpc) is 3.41. The molecule has 1 saturated carbocycles. The first-order valence-corrected chi connectivity index (χ1v) is 11.1. The van der Waals surface area contributed by atoms with Crippen molar-refractivity contribution in [3.8, 4) is 0 Å². The minimum atomic E-state index is 0.0705. The number of para-hydroxylation sites is 1. The van der Waals surface area contributed by atoms with Crippen LogP contribution in [0.15, 0.2) is 35.6 Å². The summed E-state index contributed by atoms with van der Waals surface area (Å²) < 4.78 is 2.37. The Kier molecular flexibility index (Phi) is 5.76. The van der Waals surface area contributed by atoms with Crippen molar-refractivity contribution in [3.63, 3.8) is 0 Å². The summed E-state index contributed by atoms with van der Waals surface area (Å²) in [6.07, 6.45) is 7.90. The van der Waals surface area contributed by atoms with Crippen LogP contribution in [-0.4, -0.2) is 32.7 Å². The van der Waals surface area contributed by atoms with Crippen LogP contribution in [0.25, 0.3) is 10.9 Å². The van der Waals surface area contributed by atoms with Crippen LogP contribution in [0.2, 0.25) is 0 Å². The van der Waals surface area contributed by atoms with Crippen LogP contribution < -0.4 is 5.32 Å². The summed E-state index contributed by atoms with van der Waals surface area (Å²) in [6, 6.07) is 8.82. The summed E-state index contributed by atoms with van der Waals surface area (Å²) in [6.45, 7) is 4.86. The highest BCUT2D eigenvalue weighted by atomic mass is 32.2. The summed E-state index contributed by atoms with van der Waals surface area (Å²) in [4.78, 5) is 20.4. The Morgan fingerprint density at radius 1 is 1.29 bits per heavy atom. The van der Waals surface area contributed by atoms with Crippen molar-refractivity contribution in [1.82, 2.24) is 19.9 Å². The van der Waals surface area contributed by atoms with E-state index >= 15 is 0 Å². The van der Waals surface area contributed by atoms with E-state index in [4.69, 9.17) is 4.98 Å². The Hall–Kier alpha value is -2.21. The van der Waals surface area contributed by atoms with Crippen LogP contribution in [-0.2, 0) is 11.2 Å². The zero-order valence-corrected chi connectivity index (χ0v) is 17.4. The van der Waals surface area contributed by atoms with Gasteiger partial charge in [0.05, 0.1) is 11.4 Å². The molecular formula is C22H28N4OS. The molecule has 0 saturated heterocycles. The molecule has 1 aliphatic carbocycles. The van der Waals surface area contributed by atoms with Gasteiger partial charge in [-0.05, 0) is 44.7 Å². The van der Waals surface area contributed by atoms with Gasteiger partial charge in [-0.25, -0.2) is 4.98 Å². The van der Waals surface area contributed by atoms with Gasteiger partial charge in [-0.1, -0.05) is 42.8 Å². The van der Waals surface area contributed by atoms with Gasteiger partial charge in [-0.15, -0.1) is 0 Å². The lowest BCUT2D eigenvalue weighted by Crippen LogP contribution is -2.27. The highest BCUT2D eigenvalue weighted by molar-refractivity contribution is 7.99. The molecule has 3 aromatic rings. The predicted octanol–water partition coefficient (Wildman–Crippen LogP) is 4.55. The third-order valence-corrected chi connectivity index (χ3v) is 6.72. The maximum atomic E-state index is 12.4. The molecule has 1 amide bonds. The van der Waals surface area contributed by atoms with Gasteiger partial charge in [0.15, 0.2) is 5.16 Å². The molecule has 1 aromatic carbocycles. The number of aromatic nitrogens is 3. The third-order valence-electron chi connectivity index (χ3n) is 5.77. The smallest absolute Gasteiger partial charge is 0.230 e. The van der Waals surface area contributed by atoms with E-state index in [-0.39, 0.29) is 5.91 Å². The van der Waals surface area contributed by atoms with E-state index < -0.39 is 0 Å². The Morgan fingerprint density at radius 3 is 2.89 bits per heavy atom. The maximum Gasteiger partial charge on any atom is 0.230 e. The zero-order chi connectivity index (χ0) is 19.5. The molecule has 4 rings (SSSR count). The van der Waals surface area contributed by atoms with Crippen molar-refractivity contribution in [1.29, 1.82) is 0 Å². The Bertz CT molecular complexity index is 968. The topological polar surface area (TPSA) is 62.7 Å². The average molecular weight is 397 g/mol. The lowest BCUT2D eigenvalue weighted by Gasteiger charge is -2.16. The molecule has 0 atom stereocenters. The van der Waals surface area contributed by atoms with E-state index in [0.29, 0.717) is 18.3 Å². The monoisotopic (exact) mass is 396 g/mol. The molecule has 28 heavy (non-hydrogen) atoms. The van der Waals surface area contributed by atoms with Crippen LogP contribution in [0.4, 0.5) is 0 Å². The van der Waals surface area contributed by atoms with Gasteiger partial charge in [-0.2, -0.15) is 0 Å². The number of amides is 1. The number of hydrogen-bond donors (Lipinski definition) is 2. The van der Waals surface area contributed by atoms with Gasteiger partial charge in [0.25, 0.3) is 0 Å². The second kappa shape index (κ2) is 8.43. The van der Waals surface area contributed by atoms with Gasteiger partial charge in [0, 0.05) is 35.4 Å². The van der Waals surface area contributed by atoms with E-state index in [0.717, 1.165) is 22.8 Å². The van der Waals surface area contributed by atoms with Crippen molar-refractivity contribution >= 4 is 28.6 Å². The first kappa shape index (κ1) is 19.1. The number of carbonyl (C=O) groups is 1. The van der Waals surface area contributed by atoms with E-state index in [1.54, 1.807) is 11.8 Å². The molecule has 1 aliphatic rings. The summed E-state index contributed by atoms with van der Waals surface area (Å²) in [5, 5.41) is 5.28. The first-order chi connectivity index (χ1) is 13.6. The second-order valence-electron chi connectivity index (χ2n) is 7.62. The van der Waals surface area contributed by atoms with Gasteiger partial charge in [-0.3, -0.25) is 4.79 Å². The molecule has 0 spiro atoms. The summed E-state index contributed by atoms with van der Waals surface area (Å²) in [5.74, 6) is 0.484. The van der Waals surface area contributed by atoms with Crippen LogP contribution in [0.5, 0.6) is 0 Å². The molecule has 6 heteroatoms. The number of aromatic amines is 1. The molecule has 0 unspecified atom stereocenters. The van der Waals surface area contributed by atoms with Crippen molar-refractivity contribution in [2.45, 2.75) is 57.1 Å². The molecule has 148 valence electrons. The van der Waals surface area contributed by atoms with E-state index in [1.807, 2.05) is 18.3 Å². The fourth-order valence-electron chi connectivity index (χ4n) is 4.15. The van der Waals surface area contributed by atoms with Crippen LogP contribution in [0.1, 0.15) is 48.7 Å². The fraction of sp³-hybridized carbons (Fsp3) is 0.455. The number of H-pyrrole nitrogens is 1. The number of hydrogen-bond acceptors (Lipinski definition) is 3. The number of thioether (sulfide) groups is 1. The third kappa shape index (κ3) is 3.97. The standard InChI is InChI=1S/C22H28N4OS/c1-15-16(2)26(18-7-3-4-8-18)22(25-15)28-14-21(27)23-12-11-17-13-24-20-10-6-5-9-19(17)20/h5-6,9-10,13,18,24H,3-4,7-8,11-12,14H2,1-2H3,(H,23,27). The predicted molar refractivity (Wildman–Crippen MR) is 115 cm³/mol.